The van der Waals surface area contributed by atoms with Crippen molar-refractivity contribution >= 4 is 17.5 Å². The van der Waals surface area contributed by atoms with E-state index in [9.17, 15) is 9.90 Å². The zero-order valence-electron chi connectivity index (χ0n) is 10.00. The molecule has 2 N–H and O–H groups in total. The number of hydrazine groups is 1. The lowest BCUT2D eigenvalue weighted by Gasteiger charge is -2.21. The second-order valence-electron chi connectivity index (χ2n) is 3.93. The fourth-order valence-corrected chi connectivity index (χ4v) is 1.56. The van der Waals surface area contributed by atoms with E-state index in [1.54, 1.807) is 12.1 Å². The first-order chi connectivity index (χ1) is 8.66. The number of rotatable bonds is 3. The molecule has 2 aromatic rings. The van der Waals surface area contributed by atoms with Crippen LogP contribution in [0, 0.1) is 6.92 Å². The van der Waals surface area contributed by atoms with Crippen LogP contribution in [0.15, 0.2) is 54.6 Å². The van der Waals surface area contributed by atoms with Crippen LogP contribution in [0.2, 0.25) is 0 Å². The standard InChI is InChI=1S/C14H14N2O2/c1-11-7-9-13(10-8-11)16(14(17)18)15-12-5-3-2-4-6-12/h2-10,15H,1H3,(H,17,18). The summed E-state index contributed by atoms with van der Waals surface area (Å²) in [6, 6.07) is 16.5. The third kappa shape index (κ3) is 2.79. The molecule has 0 aliphatic carbocycles. The van der Waals surface area contributed by atoms with E-state index in [-0.39, 0.29) is 0 Å². The Labute approximate surface area is 105 Å². The zero-order chi connectivity index (χ0) is 13.0. The molecule has 2 rings (SSSR count). The summed E-state index contributed by atoms with van der Waals surface area (Å²) in [6.45, 7) is 1.96. The Bertz CT molecular complexity index is 523. The molecular formula is C14H14N2O2. The fourth-order valence-electron chi connectivity index (χ4n) is 1.56. The highest BCUT2D eigenvalue weighted by Crippen LogP contribution is 2.17. The minimum Gasteiger partial charge on any atom is -0.463 e. The minimum atomic E-state index is -1.05. The highest BCUT2D eigenvalue weighted by molar-refractivity contribution is 5.88. The second-order valence-corrected chi connectivity index (χ2v) is 3.93. The van der Waals surface area contributed by atoms with Gasteiger partial charge >= 0.3 is 6.09 Å². The van der Waals surface area contributed by atoms with E-state index in [2.05, 4.69) is 5.43 Å². The topological polar surface area (TPSA) is 52.6 Å². The Morgan fingerprint density at radius 2 is 1.67 bits per heavy atom. The van der Waals surface area contributed by atoms with Gasteiger partial charge in [-0.05, 0) is 31.2 Å². The monoisotopic (exact) mass is 242 g/mol. The van der Waals surface area contributed by atoms with Crippen molar-refractivity contribution in [1.82, 2.24) is 0 Å². The van der Waals surface area contributed by atoms with Crippen molar-refractivity contribution in [3.8, 4) is 0 Å². The molecule has 1 amide bonds. The minimum absolute atomic E-state index is 0.581. The van der Waals surface area contributed by atoms with Gasteiger partial charge in [0.25, 0.3) is 0 Å². The van der Waals surface area contributed by atoms with E-state index in [0.717, 1.165) is 16.3 Å². The number of hydrogen-bond donors (Lipinski definition) is 2. The van der Waals surface area contributed by atoms with Crippen LogP contribution in [0.3, 0.4) is 0 Å². The van der Waals surface area contributed by atoms with Crippen molar-refractivity contribution in [3.63, 3.8) is 0 Å². The number of aryl methyl sites for hydroxylation is 1. The lowest BCUT2D eigenvalue weighted by atomic mass is 10.2. The average molecular weight is 242 g/mol. The van der Waals surface area contributed by atoms with E-state index in [1.807, 2.05) is 49.4 Å². The maximum atomic E-state index is 11.3. The van der Waals surface area contributed by atoms with Gasteiger partial charge in [-0.1, -0.05) is 35.9 Å². The van der Waals surface area contributed by atoms with Crippen LogP contribution in [0.4, 0.5) is 16.2 Å². The summed E-state index contributed by atoms with van der Waals surface area (Å²) in [5.74, 6) is 0. The van der Waals surface area contributed by atoms with E-state index in [1.165, 1.54) is 0 Å². The van der Waals surface area contributed by atoms with Crippen LogP contribution in [0.1, 0.15) is 5.56 Å². The summed E-state index contributed by atoms with van der Waals surface area (Å²) in [5, 5.41) is 10.3. The summed E-state index contributed by atoms with van der Waals surface area (Å²) in [6.07, 6.45) is -1.05. The van der Waals surface area contributed by atoms with Crippen molar-refractivity contribution in [1.29, 1.82) is 0 Å². The van der Waals surface area contributed by atoms with Gasteiger partial charge in [-0.25, -0.2) is 4.79 Å². The number of carbonyl (C=O) groups is 1. The first-order valence-electron chi connectivity index (χ1n) is 5.58. The Morgan fingerprint density at radius 3 is 2.22 bits per heavy atom. The van der Waals surface area contributed by atoms with Crippen molar-refractivity contribution in [2.45, 2.75) is 6.92 Å². The Balaban J connectivity index is 2.24. The normalized spacial score (nSPS) is 9.83. The first kappa shape index (κ1) is 12.0. The summed E-state index contributed by atoms with van der Waals surface area (Å²) in [5.41, 5.74) is 5.24. The van der Waals surface area contributed by atoms with Crippen molar-refractivity contribution in [3.05, 3.63) is 60.2 Å². The first-order valence-corrected chi connectivity index (χ1v) is 5.58. The van der Waals surface area contributed by atoms with Crippen molar-refractivity contribution in [2.24, 2.45) is 0 Å². The number of benzene rings is 2. The fraction of sp³-hybridized carbons (Fsp3) is 0.0714. The van der Waals surface area contributed by atoms with Crippen LogP contribution >= 0.6 is 0 Å². The van der Waals surface area contributed by atoms with E-state index in [4.69, 9.17) is 0 Å². The van der Waals surface area contributed by atoms with Gasteiger partial charge in [-0.2, -0.15) is 5.01 Å². The molecule has 18 heavy (non-hydrogen) atoms. The number of para-hydroxylation sites is 1. The van der Waals surface area contributed by atoms with Crippen LogP contribution in [-0.4, -0.2) is 11.2 Å². The van der Waals surface area contributed by atoms with Gasteiger partial charge in [0.05, 0.1) is 11.4 Å². The smallest absolute Gasteiger partial charge is 0.430 e. The number of nitrogens with one attached hydrogen (secondary N) is 1. The number of hydrogen-bond acceptors (Lipinski definition) is 2. The summed E-state index contributed by atoms with van der Waals surface area (Å²) < 4.78 is 0. The lowest BCUT2D eigenvalue weighted by molar-refractivity contribution is 0.203. The molecule has 0 aromatic heterocycles. The maximum Gasteiger partial charge on any atom is 0.430 e. The Hall–Kier alpha value is -2.49. The molecule has 92 valence electrons. The molecule has 0 heterocycles. The van der Waals surface area contributed by atoms with Gasteiger partial charge in [-0.15, -0.1) is 0 Å². The van der Waals surface area contributed by atoms with Crippen LogP contribution < -0.4 is 10.4 Å². The second kappa shape index (κ2) is 5.23. The van der Waals surface area contributed by atoms with Crippen LogP contribution in [-0.2, 0) is 0 Å². The van der Waals surface area contributed by atoms with Crippen molar-refractivity contribution in [2.75, 3.05) is 10.4 Å². The molecular weight excluding hydrogens is 228 g/mol. The third-order valence-corrected chi connectivity index (χ3v) is 2.50. The molecule has 4 nitrogen and oxygen atoms in total. The molecule has 0 aliphatic heterocycles. The van der Waals surface area contributed by atoms with Gasteiger partial charge in [-0.3, -0.25) is 5.43 Å². The zero-order valence-corrected chi connectivity index (χ0v) is 10.00. The lowest BCUT2D eigenvalue weighted by Crippen LogP contribution is -2.34. The number of nitrogens with zero attached hydrogens (tertiary/aromatic N) is 1. The largest absolute Gasteiger partial charge is 0.463 e. The summed E-state index contributed by atoms with van der Waals surface area (Å²) >= 11 is 0. The number of anilines is 2. The Morgan fingerprint density at radius 1 is 1.06 bits per heavy atom. The molecule has 0 fully saturated rings. The summed E-state index contributed by atoms with van der Waals surface area (Å²) in [7, 11) is 0. The average Bonchev–Trinajstić information content (AvgIpc) is 2.38. The highest BCUT2D eigenvalue weighted by atomic mass is 16.4. The molecule has 0 radical (unpaired) electrons. The van der Waals surface area contributed by atoms with Crippen LogP contribution in [0.25, 0.3) is 0 Å². The van der Waals surface area contributed by atoms with Gasteiger partial charge in [0.2, 0.25) is 0 Å². The number of carboxylic acid groups (broad SMARTS) is 1. The van der Waals surface area contributed by atoms with Gasteiger partial charge in [0.1, 0.15) is 0 Å². The quantitative estimate of drug-likeness (QED) is 0.810. The van der Waals surface area contributed by atoms with E-state index in [0.29, 0.717) is 5.69 Å². The van der Waals surface area contributed by atoms with Crippen LogP contribution in [0.5, 0.6) is 0 Å². The molecule has 0 saturated carbocycles. The van der Waals surface area contributed by atoms with Crippen molar-refractivity contribution < 1.29 is 9.90 Å². The molecule has 0 atom stereocenters. The molecule has 2 aromatic carbocycles. The van der Waals surface area contributed by atoms with Gasteiger partial charge in [0.15, 0.2) is 0 Å². The van der Waals surface area contributed by atoms with E-state index >= 15 is 0 Å². The molecule has 0 saturated heterocycles. The van der Waals surface area contributed by atoms with Gasteiger partial charge in [0, 0.05) is 0 Å². The maximum absolute atomic E-state index is 11.3. The predicted molar refractivity (Wildman–Crippen MR) is 71.7 cm³/mol. The molecule has 4 heteroatoms. The molecule has 0 spiro atoms. The van der Waals surface area contributed by atoms with Gasteiger partial charge < -0.3 is 5.11 Å². The van der Waals surface area contributed by atoms with E-state index < -0.39 is 6.09 Å². The molecule has 0 unspecified atom stereocenters. The molecule has 0 bridgehead atoms. The SMILES string of the molecule is Cc1ccc(N(Nc2ccccc2)C(=O)O)cc1. The molecule has 0 aliphatic rings. The third-order valence-electron chi connectivity index (χ3n) is 2.50. The highest BCUT2D eigenvalue weighted by Gasteiger charge is 2.13. The Kier molecular flexibility index (Phi) is 3.48. The summed E-state index contributed by atoms with van der Waals surface area (Å²) in [4.78, 5) is 11.3. The number of amides is 1. The predicted octanol–water partition coefficient (Wildman–Crippen LogP) is 3.51.